The zero-order valence-corrected chi connectivity index (χ0v) is 31.4. The Morgan fingerprint density at radius 3 is 2.17 bits per heavy atom. The van der Waals surface area contributed by atoms with Gasteiger partial charge in [0.05, 0.1) is 19.5 Å². The van der Waals surface area contributed by atoms with Gasteiger partial charge in [0.1, 0.15) is 42.1 Å². The van der Waals surface area contributed by atoms with Gasteiger partial charge in [0.25, 0.3) is 0 Å². The van der Waals surface area contributed by atoms with Gasteiger partial charge in [0.15, 0.2) is 46.0 Å². The summed E-state index contributed by atoms with van der Waals surface area (Å²) in [6.45, 7) is 21.5. The van der Waals surface area contributed by atoms with Crippen molar-refractivity contribution in [3.05, 3.63) is 47.8 Å². The quantitative estimate of drug-likeness (QED) is 0.135. The van der Waals surface area contributed by atoms with Gasteiger partial charge in [-0.05, 0) is 42.3 Å². The molecule has 2 saturated heterocycles. The molecule has 2 unspecified atom stereocenters. The van der Waals surface area contributed by atoms with E-state index in [9.17, 15) is 13.2 Å². The van der Waals surface area contributed by atoms with Crippen LogP contribution < -0.4 is 5.73 Å². The second-order valence-electron chi connectivity index (χ2n) is 15.0. The summed E-state index contributed by atoms with van der Waals surface area (Å²) in [5.41, 5.74) is 6.90. The summed E-state index contributed by atoms with van der Waals surface area (Å²) in [4.78, 5) is 13.0. The fraction of sp³-hybridized carbons (Fsp3) is 0.633. The molecule has 5 rings (SSSR count). The second-order valence-corrected chi connectivity index (χ2v) is 25.7. The molecule has 3 aromatic rings. The predicted octanol–water partition coefficient (Wildman–Crippen LogP) is 7.54. The van der Waals surface area contributed by atoms with E-state index in [2.05, 4.69) is 82.7 Å². The number of anilines is 1. The van der Waals surface area contributed by atoms with Crippen molar-refractivity contribution in [2.24, 2.45) is 0 Å². The van der Waals surface area contributed by atoms with E-state index in [4.69, 9.17) is 32.9 Å². The van der Waals surface area contributed by atoms with Crippen molar-refractivity contribution in [2.75, 3.05) is 18.9 Å². The highest BCUT2D eigenvalue weighted by Gasteiger charge is 2.55. The van der Waals surface area contributed by atoms with Crippen molar-refractivity contribution in [3.8, 4) is 0 Å². The Morgan fingerprint density at radius 2 is 1.53 bits per heavy atom. The highest BCUT2D eigenvalue weighted by molar-refractivity contribution is 7.41. The average Bonchev–Trinajstić information content (AvgIpc) is 3.67. The van der Waals surface area contributed by atoms with Crippen molar-refractivity contribution >= 4 is 42.2 Å². The van der Waals surface area contributed by atoms with Crippen LogP contribution in [-0.4, -0.2) is 67.7 Å². The van der Waals surface area contributed by atoms with Gasteiger partial charge in [-0.15, -0.1) is 0 Å². The van der Waals surface area contributed by atoms with Crippen molar-refractivity contribution in [1.29, 1.82) is 0 Å². The third-order valence-electron chi connectivity index (χ3n) is 9.70. The maximum atomic E-state index is 14.5. The highest BCUT2D eigenvalue weighted by atomic mass is 31.2. The van der Waals surface area contributed by atoms with Gasteiger partial charge in [0, 0.05) is 11.6 Å². The van der Waals surface area contributed by atoms with E-state index in [-0.39, 0.29) is 34.7 Å². The SMILES string of the molecule is CC(C)(C)[Si](C)(C)O[C@@H]1[C@H](O[Si](C)(C)C(C)(C)C)[C@@H](COP2OCC(c3cc(F)c(F)cc3F)O2)O[C@H]1n1cnc2c(N)ncnc21. The van der Waals surface area contributed by atoms with Crippen molar-refractivity contribution in [3.63, 3.8) is 0 Å². The molecule has 0 saturated carbocycles. The number of fused-ring (bicyclic) bond motifs is 1. The molecule has 0 spiro atoms. The Hall–Kier alpha value is -2.02. The van der Waals surface area contributed by atoms with Gasteiger partial charge in [-0.2, -0.15) is 0 Å². The van der Waals surface area contributed by atoms with E-state index >= 15 is 0 Å². The molecule has 11 nitrogen and oxygen atoms in total. The first-order valence-electron chi connectivity index (χ1n) is 15.5. The van der Waals surface area contributed by atoms with E-state index in [0.29, 0.717) is 17.2 Å². The number of aromatic nitrogens is 4. The summed E-state index contributed by atoms with van der Waals surface area (Å²) >= 11 is 0. The molecule has 17 heteroatoms. The Bertz CT molecular complexity index is 1600. The first-order valence-corrected chi connectivity index (χ1v) is 22.4. The van der Waals surface area contributed by atoms with E-state index in [1.165, 1.54) is 6.33 Å². The number of imidazole rings is 1. The fourth-order valence-corrected chi connectivity index (χ4v) is 8.56. The van der Waals surface area contributed by atoms with Gasteiger partial charge in [-0.1, -0.05) is 41.5 Å². The van der Waals surface area contributed by atoms with Gasteiger partial charge >= 0.3 is 8.60 Å². The zero-order valence-electron chi connectivity index (χ0n) is 28.5. The maximum absolute atomic E-state index is 14.5. The Balaban J connectivity index is 1.47. The molecule has 4 heterocycles. The van der Waals surface area contributed by atoms with Crippen LogP contribution in [0.1, 0.15) is 59.4 Å². The Labute approximate surface area is 276 Å². The summed E-state index contributed by atoms with van der Waals surface area (Å²) in [7, 11) is -6.81. The molecule has 2 fully saturated rings. The van der Waals surface area contributed by atoms with Crippen LogP contribution in [0.5, 0.6) is 0 Å². The molecule has 260 valence electrons. The topological polar surface area (TPSA) is 125 Å². The largest absolute Gasteiger partial charge is 0.408 e. The minimum atomic E-state index is -2.42. The smallest absolute Gasteiger partial charge is 0.333 e. The molecule has 2 N–H and O–H groups in total. The molecule has 0 bridgehead atoms. The Kier molecular flexibility index (Phi) is 10.1. The lowest BCUT2D eigenvalue weighted by atomic mass is 10.1. The Morgan fingerprint density at radius 1 is 0.915 bits per heavy atom. The molecule has 2 aliphatic heterocycles. The first kappa shape index (κ1) is 36.3. The van der Waals surface area contributed by atoms with Crippen molar-refractivity contribution in [2.45, 2.75) is 108 Å². The number of hydrogen-bond donors (Lipinski definition) is 1. The van der Waals surface area contributed by atoms with Crippen LogP contribution >= 0.6 is 8.60 Å². The third kappa shape index (κ3) is 7.31. The molecular formula is C30H45F3N5O6PSi2. The molecule has 0 amide bonds. The van der Waals surface area contributed by atoms with Crippen LogP contribution in [-0.2, 0) is 27.2 Å². The van der Waals surface area contributed by atoms with Crippen LogP contribution in [0.3, 0.4) is 0 Å². The number of nitrogens with two attached hydrogens (primary N) is 1. The number of benzene rings is 1. The van der Waals surface area contributed by atoms with E-state index in [1.54, 1.807) is 10.9 Å². The number of nitrogen functional groups attached to an aromatic ring is 1. The molecule has 0 radical (unpaired) electrons. The van der Waals surface area contributed by atoms with Crippen LogP contribution in [0.15, 0.2) is 24.8 Å². The van der Waals surface area contributed by atoms with Gasteiger partial charge in [-0.25, -0.2) is 28.1 Å². The van der Waals surface area contributed by atoms with E-state index in [0.717, 1.165) is 6.07 Å². The number of nitrogens with zero attached hydrogens (tertiary/aromatic N) is 4. The van der Waals surface area contributed by atoms with Crippen molar-refractivity contribution < 1.29 is 40.3 Å². The molecule has 2 aromatic heterocycles. The lowest BCUT2D eigenvalue weighted by Gasteiger charge is -2.44. The zero-order chi connectivity index (χ0) is 34.7. The van der Waals surface area contributed by atoms with Crippen LogP contribution in [0, 0.1) is 17.5 Å². The average molecular weight is 716 g/mol. The predicted molar refractivity (Wildman–Crippen MR) is 177 cm³/mol. The molecule has 6 atom stereocenters. The third-order valence-corrected chi connectivity index (χ3v) is 19.8. The van der Waals surface area contributed by atoms with Crippen LogP contribution in [0.4, 0.5) is 19.0 Å². The standard InChI is InChI=1S/C30H45F3N5O6PSi2/c1-29(2,3)46(7,8)43-24-22(14-40-45-39-13-21(42-45)17-11-19(32)20(33)12-18(17)31)41-28(25(24)44-47(9,10)30(4,5)6)38-16-37-23-26(34)35-15-36-27(23)38/h11-12,15-16,21-22,24-25,28H,13-14H2,1-10H3,(H2,34,35,36)/t21?,22-,24-,25-,28-,45?/m1/s1. The monoisotopic (exact) mass is 715 g/mol. The van der Waals surface area contributed by atoms with Gasteiger partial charge in [0.2, 0.25) is 0 Å². The number of halogens is 3. The summed E-state index contributed by atoms with van der Waals surface area (Å²) in [5.74, 6) is -3.14. The van der Waals surface area contributed by atoms with Crippen LogP contribution in [0.2, 0.25) is 36.3 Å². The number of hydrogen-bond acceptors (Lipinski definition) is 10. The highest BCUT2D eigenvalue weighted by Crippen LogP contribution is 2.53. The lowest BCUT2D eigenvalue weighted by molar-refractivity contribution is -0.0466. The normalized spacial score (nSPS) is 26.1. The summed E-state index contributed by atoms with van der Waals surface area (Å²) < 4.78 is 82.3. The van der Waals surface area contributed by atoms with Crippen molar-refractivity contribution in [1.82, 2.24) is 19.5 Å². The van der Waals surface area contributed by atoms with Gasteiger partial charge in [-0.3, -0.25) is 4.57 Å². The molecular weight excluding hydrogens is 670 g/mol. The molecule has 1 aromatic carbocycles. The summed E-state index contributed by atoms with van der Waals surface area (Å²) in [5, 5.41) is -0.263. The second kappa shape index (κ2) is 13.0. The van der Waals surface area contributed by atoms with E-state index < -0.39 is 73.3 Å². The molecule has 47 heavy (non-hydrogen) atoms. The van der Waals surface area contributed by atoms with Crippen LogP contribution in [0.25, 0.3) is 11.2 Å². The van der Waals surface area contributed by atoms with E-state index in [1.807, 2.05) is 0 Å². The number of rotatable bonds is 9. The summed E-state index contributed by atoms with van der Waals surface area (Å²) in [6, 6.07) is 1.27. The minimum Gasteiger partial charge on any atom is -0.408 e. The maximum Gasteiger partial charge on any atom is 0.333 e. The minimum absolute atomic E-state index is 0.0183. The fourth-order valence-electron chi connectivity index (χ4n) is 4.85. The summed E-state index contributed by atoms with van der Waals surface area (Å²) in [6.07, 6.45) is -0.516. The first-order chi connectivity index (χ1) is 21.7. The lowest BCUT2D eigenvalue weighted by Crippen LogP contribution is -2.54. The molecule has 0 aliphatic carbocycles. The van der Waals surface area contributed by atoms with Gasteiger partial charge < -0.3 is 32.9 Å². The number of ether oxygens (including phenoxy) is 1. The molecule has 2 aliphatic rings.